The number of nitrogens with one attached hydrogen (secondary N) is 2. The van der Waals surface area contributed by atoms with Gasteiger partial charge in [-0.3, -0.25) is 14.4 Å². The molecule has 0 radical (unpaired) electrons. The van der Waals surface area contributed by atoms with Crippen molar-refractivity contribution in [2.24, 2.45) is 5.92 Å². The van der Waals surface area contributed by atoms with Crippen molar-refractivity contribution < 1.29 is 28.6 Å². The van der Waals surface area contributed by atoms with Crippen LogP contribution in [0.15, 0.2) is 6.20 Å². The van der Waals surface area contributed by atoms with Gasteiger partial charge >= 0.3 is 0 Å². The molecule has 1 aliphatic carbocycles. The topological polar surface area (TPSA) is 140 Å². The molecule has 2 N–H and O–H groups in total. The zero-order chi connectivity index (χ0) is 31.1. The summed E-state index contributed by atoms with van der Waals surface area (Å²) in [6, 6.07) is -0.557. The van der Waals surface area contributed by atoms with Crippen LogP contribution in [0.3, 0.4) is 0 Å². The number of hydrogen-bond donors (Lipinski definition) is 2. The van der Waals surface area contributed by atoms with Crippen molar-refractivity contribution in [3.8, 4) is 0 Å². The van der Waals surface area contributed by atoms with E-state index in [1.54, 1.807) is 4.90 Å². The lowest BCUT2D eigenvalue weighted by molar-refractivity contribution is -0.142. The number of piperidine rings is 1. The van der Waals surface area contributed by atoms with Gasteiger partial charge in [0.25, 0.3) is 0 Å². The fourth-order valence-electron chi connectivity index (χ4n) is 8.08. The first-order valence-electron chi connectivity index (χ1n) is 17.3. The fraction of sp³-hybridized carbons (Fsp3) is 0.844. The maximum absolute atomic E-state index is 14.2. The van der Waals surface area contributed by atoms with Crippen molar-refractivity contribution in [2.75, 3.05) is 65.8 Å². The monoisotopic (exact) mass is 629 g/mol. The van der Waals surface area contributed by atoms with Crippen molar-refractivity contribution in [1.29, 1.82) is 0 Å². The number of carbonyl (C=O) groups is 3. The van der Waals surface area contributed by atoms with Gasteiger partial charge in [0.1, 0.15) is 12.6 Å². The molecule has 0 bridgehead atoms. The van der Waals surface area contributed by atoms with Crippen molar-refractivity contribution >= 4 is 17.7 Å². The molecule has 13 nitrogen and oxygen atoms in total. The summed E-state index contributed by atoms with van der Waals surface area (Å²) < 4.78 is 18.6. The highest BCUT2D eigenvalue weighted by molar-refractivity contribution is 5.89. The Morgan fingerprint density at radius 3 is 2.42 bits per heavy atom. The average Bonchev–Trinajstić information content (AvgIpc) is 3.71. The number of amides is 3. The molecule has 1 aromatic rings. The highest BCUT2D eigenvalue weighted by atomic mass is 16.5. The van der Waals surface area contributed by atoms with E-state index >= 15 is 0 Å². The first kappa shape index (κ1) is 32.3. The Morgan fingerprint density at radius 1 is 0.867 bits per heavy atom. The van der Waals surface area contributed by atoms with Crippen LogP contribution in [0, 0.1) is 5.92 Å². The summed E-state index contributed by atoms with van der Waals surface area (Å²) in [6.07, 6.45) is 13.3. The van der Waals surface area contributed by atoms with Crippen LogP contribution < -0.4 is 10.6 Å². The summed E-state index contributed by atoms with van der Waals surface area (Å²) in [6.45, 7) is 4.73. The molecule has 13 heteroatoms. The molecule has 6 rings (SSSR count). The van der Waals surface area contributed by atoms with Gasteiger partial charge in [0, 0.05) is 51.6 Å². The number of likely N-dealkylation sites (tertiary alicyclic amines) is 1. The molecule has 45 heavy (non-hydrogen) atoms. The number of nitrogens with zero attached hydrogens (tertiary/aromatic N) is 5. The third-order valence-corrected chi connectivity index (χ3v) is 10.6. The van der Waals surface area contributed by atoms with Crippen LogP contribution in [-0.2, 0) is 35.0 Å². The van der Waals surface area contributed by atoms with Gasteiger partial charge in [-0.1, -0.05) is 37.3 Å². The highest BCUT2D eigenvalue weighted by Gasteiger charge is 2.47. The molecule has 4 aliphatic heterocycles. The van der Waals surface area contributed by atoms with Crippen LogP contribution in [0.4, 0.5) is 0 Å². The predicted molar refractivity (Wildman–Crippen MR) is 164 cm³/mol. The number of hydrogen-bond acceptors (Lipinski definition) is 9. The Hall–Kier alpha value is -2.61. The largest absolute Gasteiger partial charge is 0.381 e. The number of carbonyl (C=O) groups excluding carboxylic acids is 3. The van der Waals surface area contributed by atoms with E-state index in [4.69, 9.17) is 14.2 Å². The summed E-state index contributed by atoms with van der Waals surface area (Å²) in [7, 11) is 0. The lowest BCUT2D eigenvalue weighted by atomic mass is 9.82. The molecular formula is C32H51N7O6. The molecule has 5 aliphatic rings. The molecule has 1 aromatic heterocycles. The Bertz CT molecular complexity index is 1140. The van der Waals surface area contributed by atoms with Crippen molar-refractivity contribution in [2.45, 2.75) is 101 Å². The van der Waals surface area contributed by atoms with Crippen molar-refractivity contribution in [1.82, 2.24) is 35.4 Å². The average molecular weight is 630 g/mol. The molecule has 1 saturated carbocycles. The minimum absolute atomic E-state index is 0.0797. The third-order valence-electron chi connectivity index (χ3n) is 10.6. The normalized spacial score (nSPS) is 29.0. The Kier molecular flexibility index (Phi) is 11.0. The summed E-state index contributed by atoms with van der Waals surface area (Å²) in [4.78, 5) is 45.2. The van der Waals surface area contributed by atoms with Gasteiger partial charge in [-0.15, -0.1) is 5.10 Å². The van der Waals surface area contributed by atoms with Gasteiger partial charge in [-0.2, -0.15) is 0 Å². The number of aromatic nitrogens is 3. The van der Waals surface area contributed by atoms with Crippen LogP contribution in [-0.4, -0.2) is 126 Å². The van der Waals surface area contributed by atoms with Gasteiger partial charge in [0.05, 0.1) is 43.5 Å². The predicted octanol–water partition coefficient (Wildman–Crippen LogP) is 1.23. The minimum atomic E-state index is -0.715. The second-order valence-corrected chi connectivity index (χ2v) is 13.6. The summed E-state index contributed by atoms with van der Waals surface area (Å²) in [5.41, 5.74) is 0.251. The highest BCUT2D eigenvalue weighted by Crippen LogP contribution is 2.34. The van der Waals surface area contributed by atoms with E-state index in [1.165, 1.54) is 32.1 Å². The zero-order valence-electron chi connectivity index (χ0n) is 26.6. The quantitative estimate of drug-likeness (QED) is 0.503. The molecule has 1 spiro atoms. The van der Waals surface area contributed by atoms with Crippen LogP contribution >= 0.6 is 0 Å². The smallest absolute Gasteiger partial charge is 0.246 e. The number of fused-ring (bicyclic) bond motifs is 1. The second-order valence-electron chi connectivity index (χ2n) is 13.6. The van der Waals surface area contributed by atoms with E-state index in [-0.39, 0.29) is 43.4 Å². The lowest BCUT2D eigenvalue weighted by Crippen LogP contribution is -2.60. The molecule has 4 saturated heterocycles. The Balaban J connectivity index is 1.19. The molecule has 0 aromatic carbocycles. The zero-order valence-corrected chi connectivity index (χ0v) is 26.6. The third kappa shape index (κ3) is 8.22. The van der Waals surface area contributed by atoms with Crippen molar-refractivity contribution in [3.63, 3.8) is 0 Å². The molecule has 3 amide bonds. The SMILES string of the molecule is O=C1COCCOCCNC(=O)[C@@H]2[C@H](n3cc(CC4CCCCC4)nn3)CCN2C(=O)CC2(CCN(C3CCOCC3)CC2)N1. The fourth-order valence-corrected chi connectivity index (χ4v) is 8.08. The van der Waals surface area contributed by atoms with E-state index in [1.807, 2.05) is 10.9 Å². The van der Waals surface area contributed by atoms with Gasteiger partial charge in [-0.25, -0.2) is 4.68 Å². The number of ether oxygens (including phenoxy) is 3. The molecular weight excluding hydrogens is 578 g/mol. The van der Waals surface area contributed by atoms with Gasteiger partial charge in [0.15, 0.2) is 0 Å². The van der Waals surface area contributed by atoms with E-state index in [0.29, 0.717) is 57.5 Å². The number of rotatable bonds is 4. The van der Waals surface area contributed by atoms with Crippen molar-refractivity contribution in [3.05, 3.63) is 11.9 Å². The molecule has 2 atom stereocenters. The van der Waals surface area contributed by atoms with Crippen LogP contribution in [0.25, 0.3) is 0 Å². The first-order valence-corrected chi connectivity index (χ1v) is 17.3. The maximum atomic E-state index is 14.2. The maximum Gasteiger partial charge on any atom is 0.246 e. The standard InChI is InChI=1S/C32H51N7O6/c40-28-23-45-19-18-44-17-11-33-31(42)30-27(39-22-25(35-36-39)20-24-4-2-1-3-5-24)6-12-38(30)29(41)21-32(34-28)9-13-37(14-10-32)26-7-15-43-16-8-26/h22,24,26-27,30H,1-21,23H2,(H,33,42)(H,34,40)/t27-,30+/m1/s1. The summed E-state index contributed by atoms with van der Waals surface area (Å²) in [5, 5.41) is 15.2. The molecule has 0 unspecified atom stereocenters. The Morgan fingerprint density at radius 2 is 1.62 bits per heavy atom. The first-order chi connectivity index (χ1) is 22.0. The van der Waals surface area contributed by atoms with Crippen LogP contribution in [0.5, 0.6) is 0 Å². The molecule has 5 heterocycles. The molecule has 5 fully saturated rings. The van der Waals surface area contributed by atoms with Gasteiger partial charge in [0.2, 0.25) is 17.7 Å². The second kappa shape index (κ2) is 15.3. The minimum Gasteiger partial charge on any atom is -0.381 e. The molecule has 250 valence electrons. The van der Waals surface area contributed by atoms with E-state index in [0.717, 1.165) is 51.3 Å². The lowest BCUT2D eigenvalue weighted by Gasteiger charge is -2.46. The van der Waals surface area contributed by atoms with E-state index in [2.05, 4.69) is 25.8 Å². The van der Waals surface area contributed by atoms with Crippen LogP contribution in [0.2, 0.25) is 0 Å². The summed E-state index contributed by atoms with van der Waals surface area (Å²) >= 11 is 0. The Labute approximate surface area is 266 Å². The van der Waals surface area contributed by atoms with E-state index < -0.39 is 11.6 Å². The van der Waals surface area contributed by atoms with Crippen LogP contribution in [0.1, 0.15) is 82.4 Å². The van der Waals surface area contributed by atoms with E-state index in [9.17, 15) is 14.4 Å². The summed E-state index contributed by atoms with van der Waals surface area (Å²) in [5.74, 6) is 0.0705. The van der Waals surface area contributed by atoms with Gasteiger partial charge in [-0.05, 0) is 44.4 Å². The van der Waals surface area contributed by atoms with Gasteiger partial charge < -0.3 is 34.6 Å².